The average Bonchev–Trinajstić information content (AvgIpc) is 2.90. The van der Waals surface area contributed by atoms with E-state index in [9.17, 15) is 13.2 Å². The highest BCUT2D eigenvalue weighted by Gasteiger charge is 2.39. The van der Waals surface area contributed by atoms with Crippen LogP contribution in [0.5, 0.6) is 0 Å². The van der Waals surface area contributed by atoms with Gasteiger partial charge < -0.3 is 11.1 Å². The molecule has 0 radical (unpaired) electrons. The third-order valence-electron chi connectivity index (χ3n) is 3.68. The Morgan fingerprint density at radius 1 is 1.38 bits per heavy atom. The van der Waals surface area contributed by atoms with Gasteiger partial charge in [0.15, 0.2) is 9.84 Å². The van der Waals surface area contributed by atoms with Crippen LogP contribution < -0.4 is 11.1 Å². The minimum absolute atomic E-state index is 0.00355. The minimum atomic E-state index is -3.04. The van der Waals surface area contributed by atoms with Gasteiger partial charge in [0.25, 0.3) is 5.91 Å². The SMILES string of the molecule is CC1(NC(=O)c2cc3cc(N)ccc3s2)CCS(=O)(=O)C1. The van der Waals surface area contributed by atoms with E-state index in [2.05, 4.69) is 5.32 Å². The molecule has 5 nitrogen and oxygen atoms in total. The number of sulfone groups is 1. The van der Waals surface area contributed by atoms with Crippen molar-refractivity contribution in [2.45, 2.75) is 18.9 Å². The fourth-order valence-corrected chi connectivity index (χ4v) is 5.65. The van der Waals surface area contributed by atoms with E-state index in [1.54, 1.807) is 19.1 Å². The number of rotatable bonds is 2. The van der Waals surface area contributed by atoms with Gasteiger partial charge in [-0.2, -0.15) is 0 Å². The maximum absolute atomic E-state index is 12.3. The minimum Gasteiger partial charge on any atom is -0.399 e. The van der Waals surface area contributed by atoms with Gasteiger partial charge in [0.05, 0.1) is 21.9 Å². The Morgan fingerprint density at radius 3 is 2.81 bits per heavy atom. The van der Waals surface area contributed by atoms with Crippen molar-refractivity contribution in [3.8, 4) is 0 Å². The number of nitrogens with one attached hydrogen (secondary N) is 1. The molecule has 0 aliphatic carbocycles. The molecule has 0 spiro atoms. The summed E-state index contributed by atoms with van der Waals surface area (Å²) in [5.74, 6) is -0.0922. The van der Waals surface area contributed by atoms with Gasteiger partial charge in [-0.25, -0.2) is 8.42 Å². The predicted molar refractivity (Wildman–Crippen MR) is 85.4 cm³/mol. The number of carbonyl (C=O) groups is 1. The van der Waals surface area contributed by atoms with E-state index in [1.807, 2.05) is 12.1 Å². The highest BCUT2D eigenvalue weighted by atomic mass is 32.2. The Kier molecular flexibility index (Phi) is 3.22. The first-order chi connectivity index (χ1) is 9.76. The Labute approximate surface area is 127 Å². The van der Waals surface area contributed by atoms with Crippen molar-refractivity contribution in [1.82, 2.24) is 5.32 Å². The van der Waals surface area contributed by atoms with Crippen LogP contribution in [0.15, 0.2) is 24.3 Å². The molecule has 7 heteroatoms. The van der Waals surface area contributed by atoms with Gasteiger partial charge >= 0.3 is 0 Å². The number of carbonyl (C=O) groups excluding carboxylic acids is 1. The second kappa shape index (κ2) is 4.71. The number of amides is 1. The van der Waals surface area contributed by atoms with Crippen molar-refractivity contribution in [2.75, 3.05) is 17.2 Å². The quantitative estimate of drug-likeness (QED) is 0.824. The molecule has 1 fully saturated rings. The maximum Gasteiger partial charge on any atom is 0.261 e. The van der Waals surface area contributed by atoms with Gasteiger partial charge in [-0.1, -0.05) is 0 Å². The van der Waals surface area contributed by atoms with Crippen molar-refractivity contribution < 1.29 is 13.2 Å². The van der Waals surface area contributed by atoms with Gasteiger partial charge in [-0.05, 0) is 43.0 Å². The highest BCUT2D eigenvalue weighted by molar-refractivity contribution is 7.91. The largest absolute Gasteiger partial charge is 0.399 e. The normalized spacial score (nSPS) is 24.2. The molecule has 1 aromatic heterocycles. The first-order valence-corrected chi connectivity index (χ1v) is 9.22. The number of thiophene rings is 1. The molecule has 1 aromatic carbocycles. The Hall–Kier alpha value is -1.60. The molecule has 1 aliphatic heterocycles. The van der Waals surface area contributed by atoms with Crippen LogP contribution in [0, 0.1) is 0 Å². The molecule has 21 heavy (non-hydrogen) atoms. The number of nitrogens with two attached hydrogens (primary N) is 1. The molecular weight excluding hydrogens is 308 g/mol. The smallest absolute Gasteiger partial charge is 0.261 e. The van der Waals surface area contributed by atoms with Crippen LogP contribution in [-0.2, 0) is 9.84 Å². The average molecular weight is 324 g/mol. The Bertz CT molecular complexity index is 826. The summed E-state index contributed by atoms with van der Waals surface area (Å²) in [6, 6.07) is 7.29. The summed E-state index contributed by atoms with van der Waals surface area (Å²) in [4.78, 5) is 12.9. The lowest BCUT2D eigenvalue weighted by atomic mass is 10.0. The van der Waals surface area contributed by atoms with E-state index in [1.165, 1.54) is 11.3 Å². The van der Waals surface area contributed by atoms with Gasteiger partial charge in [0, 0.05) is 10.4 Å². The molecule has 1 atom stereocenters. The standard InChI is InChI=1S/C14H16N2O3S2/c1-14(4-5-21(18,19)8-14)16-13(17)12-7-9-6-10(15)2-3-11(9)20-12/h2-3,6-7H,4-5,8,15H2,1H3,(H,16,17). The Balaban J connectivity index is 1.84. The number of fused-ring (bicyclic) bond motifs is 1. The summed E-state index contributed by atoms with van der Waals surface area (Å²) in [6.45, 7) is 1.78. The fraction of sp³-hybridized carbons (Fsp3) is 0.357. The van der Waals surface area contributed by atoms with Crippen LogP contribution in [0.25, 0.3) is 10.1 Å². The van der Waals surface area contributed by atoms with Gasteiger partial charge in [-0.3, -0.25) is 4.79 Å². The summed E-state index contributed by atoms with van der Waals surface area (Å²) in [5, 5.41) is 3.79. The second-order valence-electron chi connectivity index (χ2n) is 5.76. The molecular formula is C14H16N2O3S2. The number of hydrogen-bond acceptors (Lipinski definition) is 5. The molecule has 112 valence electrons. The van der Waals surface area contributed by atoms with Crippen molar-refractivity contribution in [3.05, 3.63) is 29.1 Å². The second-order valence-corrected chi connectivity index (χ2v) is 9.03. The molecule has 3 rings (SSSR count). The fourth-order valence-electron chi connectivity index (χ4n) is 2.62. The lowest BCUT2D eigenvalue weighted by molar-refractivity contribution is 0.0919. The first kappa shape index (κ1) is 14.3. The molecule has 0 bridgehead atoms. The van der Waals surface area contributed by atoms with Crippen LogP contribution in [-0.4, -0.2) is 31.4 Å². The van der Waals surface area contributed by atoms with Gasteiger partial charge in [0.1, 0.15) is 0 Å². The molecule has 1 aliphatic rings. The molecule has 2 aromatic rings. The Morgan fingerprint density at radius 2 is 2.14 bits per heavy atom. The van der Waals surface area contributed by atoms with E-state index in [-0.39, 0.29) is 17.4 Å². The van der Waals surface area contributed by atoms with E-state index in [4.69, 9.17) is 5.73 Å². The lowest BCUT2D eigenvalue weighted by Gasteiger charge is -2.23. The lowest BCUT2D eigenvalue weighted by Crippen LogP contribution is -2.46. The maximum atomic E-state index is 12.3. The number of nitrogen functional groups attached to an aromatic ring is 1. The zero-order chi connectivity index (χ0) is 15.3. The van der Waals surface area contributed by atoms with Crippen LogP contribution in [0.1, 0.15) is 23.0 Å². The molecule has 3 N–H and O–H groups in total. The predicted octanol–water partition coefficient (Wildman–Crippen LogP) is 1.79. The monoisotopic (exact) mass is 324 g/mol. The van der Waals surface area contributed by atoms with Crippen molar-refractivity contribution in [3.63, 3.8) is 0 Å². The number of anilines is 1. The zero-order valence-electron chi connectivity index (χ0n) is 11.5. The van der Waals surface area contributed by atoms with Gasteiger partial charge in [0.2, 0.25) is 0 Å². The molecule has 2 heterocycles. The van der Waals surface area contributed by atoms with E-state index < -0.39 is 15.4 Å². The van der Waals surface area contributed by atoms with Crippen molar-refractivity contribution >= 4 is 42.9 Å². The van der Waals surface area contributed by atoms with E-state index in [0.717, 1.165) is 10.1 Å². The van der Waals surface area contributed by atoms with Gasteiger partial charge in [-0.15, -0.1) is 11.3 Å². The molecule has 1 unspecified atom stereocenters. The molecule has 0 saturated carbocycles. The van der Waals surface area contributed by atoms with Crippen LogP contribution in [0.2, 0.25) is 0 Å². The molecule has 1 saturated heterocycles. The van der Waals surface area contributed by atoms with Crippen LogP contribution in [0.3, 0.4) is 0 Å². The third-order valence-corrected chi connectivity index (χ3v) is 6.70. The topological polar surface area (TPSA) is 89.3 Å². The van der Waals surface area contributed by atoms with Crippen LogP contribution in [0.4, 0.5) is 5.69 Å². The summed E-state index contributed by atoms with van der Waals surface area (Å²) in [6.07, 6.45) is 0.457. The van der Waals surface area contributed by atoms with E-state index in [0.29, 0.717) is 17.0 Å². The summed E-state index contributed by atoms with van der Waals surface area (Å²) in [7, 11) is -3.04. The summed E-state index contributed by atoms with van der Waals surface area (Å²) in [5.41, 5.74) is 5.71. The van der Waals surface area contributed by atoms with Crippen molar-refractivity contribution in [2.24, 2.45) is 0 Å². The van der Waals surface area contributed by atoms with Crippen molar-refractivity contribution in [1.29, 1.82) is 0 Å². The number of hydrogen-bond donors (Lipinski definition) is 2. The summed E-state index contributed by atoms with van der Waals surface area (Å²) < 4.78 is 24.1. The zero-order valence-corrected chi connectivity index (χ0v) is 13.2. The summed E-state index contributed by atoms with van der Waals surface area (Å²) >= 11 is 1.38. The highest BCUT2D eigenvalue weighted by Crippen LogP contribution is 2.29. The molecule has 1 amide bonds. The number of benzene rings is 1. The van der Waals surface area contributed by atoms with E-state index >= 15 is 0 Å². The first-order valence-electron chi connectivity index (χ1n) is 6.58. The third kappa shape index (κ3) is 2.89. The van der Waals surface area contributed by atoms with Crippen LogP contribution >= 0.6 is 11.3 Å².